The Labute approximate surface area is 144 Å². The van der Waals surface area contributed by atoms with E-state index in [2.05, 4.69) is 20.9 Å². The summed E-state index contributed by atoms with van der Waals surface area (Å²) in [6, 6.07) is 9.01. The molecule has 126 valence electrons. The summed E-state index contributed by atoms with van der Waals surface area (Å²) in [6.45, 7) is 0. The molecule has 0 unspecified atom stereocenters. The van der Waals surface area contributed by atoms with E-state index in [1.807, 2.05) is 18.2 Å². The number of amides is 3. The molecule has 1 aromatic carbocycles. The zero-order valence-corrected chi connectivity index (χ0v) is 14.1. The number of carbonyl (C=O) groups excluding carboxylic acids is 2. The van der Waals surface area contributed by atoms with Crippen LogP contribution in [0.4, 0.5) is 15.6 Å². The van der Waals surface area contributed by atoms with Crippen molar-refractivity contribution >= 4 is 34.1 Å². The number of nitrogens with one attached hydrogen (secondary N) is 3. The van der Waals surface area contributed by atoms with Crippen molar-refractivity contribution in [3.05, 3.63) is 41.4 Å². The highest BCUT2D eigenvalue weighted by atomic mass is 32.1. The minimum atomic E-state index is -0.380. The lowest BCUT2D eigenvalue weighted by atomic mass is 9.95. The van der Waals surface area contributed by atoms with E-state index in [-0.39, 0.29) is 18.0 Å². The molecule has 3 amide bonds. The van der Waals surface area contributed by atoms with Gasteiger partial charge in [0.1, 0.15) is 5.69 Å². The van der Waals surface area contributed by atoms with Crippen LogP contribution in [0.25, 0.3) is 0 Å². The molecule has 0 spiro atoms. The predicted molar refractivity (Wildman–Crippen MR) is 95.5 cm³/mol. The Morgan fingerprint density at radius 2 is 1.79 bits per heavy atom. The number of benzene rings is 1. The summed E-state index contributed by atoms with van der Waals surface area (Å²) in [5.41, 5.74) is 1.04. The fraction of sp³-hybridized carbons (Fsp3) is 0.353. The standard InChI is InChI=1S/C17H20N4O2S/c22-15(18-12-7-3-1-4-8-12)14-11-24-17(20-14)21-16(23)19-13-9-5-2-6-10-13/h2,5-6,9-12H,1,3-4,7-8H2,(H,18,22)(H2,19,20,21,23). The molecule has 24 heavy (non-hydrogen) atoms. The molecular formula is C17H20N4O2S. The molecule has 0 atom stereocenters. The minimum absolute atomic E-state index is 0.172. The maximum atomic E-state index is 12.2. The highest BCUT2D eigenvalue weighted by Crippen LogP contribution is 2.19. The molecule has 2 aromatic rings. The van der Waals surface area contributed by atoms with E-state index in [0.717, 1.165) is 25.7 Å². The van der Waals surface area contributed by atoms with Crippen molar-refractivity contribution < 1.29 is 9.59 Å². The molecule has 7 heteroatoms. The van der Waals surface area contributed by atoms with Gasteiger partial charge in [-0.2, -0.15) is 0 Å². The summed E-state index contributed by atoms with van der Waals surface area (Å²) in [5, 5.41) is 10.4. The second kappa shape index (κ2) is 7.92. The van der Waals surface area contributed by atoms with E-state index >= 15 is 0 Å². The molecule has 1 heterocycles. The van der Waals surface area contributed by atoms with Gasteiger partial charge in [-0.15, -0.1) is 11.3 Å². The second-order valence-corrected chi connectivity index (χ2v) is 6.65. The number of carbonyl (C=O) groups is 2. The van der Waals surface area contributed by atoms with Crippen LogP contribution in [0.2, 0.25) is 0 Å². The van der Waals surface area contributed by atoms with Crippen LogP contribution >= 0.6 is 11.3 Å². The summed E-state index contributed by atoms with van der Waals surface area (Å²) < 4.78 is 0. The first kappa shape index (κ1) is 16.4. The van der Waals surface area contributed by atoms with E-state index in [4.69, 9.17) is 0 Å². The van der Waals surface area contributed by atoms with Crippen LogP contribution in [-0.2, 0) is 0 Å². The van der Waals surface area contributed by atoms with Gasteiger partial charge >= 0.3 is 6.03 Å². The molecule has 0 saturated heterocycles. The van der Waals surface area contributed by atoms with Crippen molar-refractivity contribution in [2.45, 2.75) is 38.1 Å². The van der Waals surface area contributed by atoms with Crippen molar-refractivity contribution in [2.24, 2.45) is 0 Å². The summed E-state index contributed by atoms with van der Waals surface area (Å²) in [5.74, 6) is -0.172. The number of aromatic nitrogens is 1. The Morgan fingerprint density at radius 3 is 2.54 bits per heavy atom. The summed E-state index contributed by atoms with van der Waals surface area (Å²) in [4.78, 5) is 28.3. The first-order valence-corrected chi connectivity index (χ1v) is 8.98. The molecule has 6 nitrogen and oxygen atoms in total. The lowest BCUT2D eigenvalue weighted by Crippen LogP contribution is -2.36. The van der Waals surface area contributed by atoms with Crippen molar-refractivity contribution in [2.75, 3.05) is 10.6 Å². The number of anilines is 2. The summed E-state index contributed by atoms with van der Waals surface area (Å²) in [7, 11) is 0. The maximum Gasteiger partial charge on any atom is 0.325 e. The van der Waals surface area contributed by atoms with E-state index in [1.165, 1.54) is 17.8 Å². The van der Waals surface area contributed by atoms with E-state index in [1.54, 1.807) is 17.5 Å². The Hall–Kier alpha value is -2.41. The third-order valence-corrected chi connectivity index (χ3v) is 4.69. The van der Waals surface area contributed by atoms with Crippen LogP contribution in [0, 0.1) is 0 Å². The van der Waals surface area contributed by atoms with Gasteiger partial charge in [0.05, 0.1) is 0 Å². The third-order valence-electron chi connectivity index (χ3n) is 3.93. The van der Waals surface area contributed by atoms with Gasteiger partial charge in [0, 0.05) is 17.1 Å². The molecule has 0 bridgehead atoms. The second-order valence-electron chi connectivity index (χ2n) is 5.79. The molecule has 3 rings (SSSR count). The molecular weight excluding hydrogens is 324 g/mol. The Kier molecular flexibility index (Phi) is 5.43. The zero-order valence-electron chi connectivity index (χ0n) is 13.2. The van der Waals surface area contributed by atoms with Crippen LogP contribution < -0.4 is 16.0 Å². The lowest BCUT2D eigenvalue weighted by Gasteiger charge is -2.22. The zero-order chi connectivity index (χ0) is 16.8. The maximum absolute atomic E-state index is 12.2. The highest BCUT2D eigenvalue weighted by molar-refractivity contribution is 7.14. The number of nitrogens with zero attached hydrogens (tertiary/aromatic N) is 1. The molecule has 1 saturated carbocycles. The average Bonchev–Trinajstić information content (AvgIpc) is 3.05. The first-order chi connectivity index (χ1) is 11.7. The lowest BCUT2D eigenvalue weighted by molar-refractivity contribution is 0.0923. The summed E-state index contributed by atoms with van der Waals surface area (Å²) in [6.07, 6.45) is 5.62. The van der Waals surface area contributed by atoms with Gasteiger partial charge < -0.3 is 10.6 Å². The number of hydrogen-bond acceptors (Lipinski definition) is 4. The quantitative estimate of drug-likeness (QED) is 0.788. The first-order valence-electron chi connectivity index (χ1n) is 8.10. The molecule has 0 aliphatic heterocycles. The normalized spacial score (nSPS) is 14.8. The van der Waals surface area contributed by atoms with E-state index < -0.39 is 0 Å². The van der Waals surface area contributed by atoms with Crippen LogP contribution in [0.5, 0.6) is 0 Å². The van der Waals surface area contributed by atoms with Crippen molar-refractivity contribution in [1.29, 1.82) is 0 Å². The predicted octanol–water partition coefficient (Wildman–Crippen LogP) is 3.85. The molecule has 3 N–H and O–H groups in total. The van der Waals surface area contributed by atoms with Crippen molar-refractivity contribution in [3.63, 3.8) is 0 Å². The van der Waals surface area contributed by atoms with E-state index in [9.17, 15) is 9.59 Å². The van der Waals surface area contributed by atoms with Gasteiger partial charge in [0.15, 0.2) is 5.13 Å². The van der Waals surface area contributed by atoms with Gasteiger partial charge in [-0.25, -0.2) is 9.78 Å². The molecule has 1 fully saturated rings. The average molecular weight is 344 g/mol. The molecule has 1 aliphatic rings. The van der Waals surface area contributed by atoms with Gasteiger partial charge in [-0.3, -0.25) is 10.1 Å². The topological polar surface area (TPSA) is 83.1 Å². The Bertz CT molecular complexity index is 696. The fourth-order valence-corrected chi connectivity index (χ4v) is 3.41. The SMILES string of the molecule is O=C(Nc1ccccc1)Nc1nc(C(=O)NC2CCCCC2)cs1. The molecule has 1 aromatic heterocycles. The van der Waals surface area contributed by atoms with Crippen LogP contribution in [0.15, 0.2) is 35.7 Å². The van der Waals surface area contributed by atoms with Crippen LogP contribution in [-0.4, -0.2) is 23.0 Å². The monoisotopic (exact) mass is 344 g/mol. The van der Waals surface area contributed by atoms with Gasteiger partial charge in [0.2, 0.25) is 0 Å². The van der Waals surface area contributed by atoms with Crippen LogP contribution in [0.1, 0.15) is 42.6 Å². The van der Waals surface area contributed by atoms with E-state index in [0.29, 0.717) is 16.5 Å². The summed E-state index contributed by atoms with van der Waals surface area (Å²) >= 11 is 1.23. The highest BCUT2D eigenvalue weighted by Gasteiger charge is 2.18. The third kappa shape index (κ3) is 4.55. The number of hydrogen-bond donors (Lipinski definition) is 3. The molecule has 0 radical (unpaired) electrons. The number of thiazole rings is 1. The molecule has 1 aliphatic carbocycles. The smallest absolute Gasteiger partial charge is 0.325 e. The largest absolute Gasteiger partial charge is 0.348 e. The van der Waals surface area contributed by atoms with Gasteiger partial charge in [0.25, 0.3) is 5.91 Å². The van der Waals surface area contributed by atoms with Gasteiger partial charge in [-0.1, -0.05) is 37.5 Å². The van der Waals surface area contributed by atoms with Gasteiger partial charge in [-0.05, 0) is 25.0 Å². The van der Waals surface area contributed by atoms with Crippen molar-refractivity contribution in [3.8, 4) is 0 Å². The fourth-order valence-electron chi connectivity index (χ4n) is 2.72. The van der Waals surface area contributed by atoms with Crippen LogP contribution in [0.3, 0.4) is 0 Å². The Balaban J connectivity index is 1.52. The minimum Gasteiger partial charge on any atom is -0.348 e. The Morgan fingerprint density at radius 1 is 1.04 bits per heavy atom. The van der Waals surface area contributed by atoms with Crippen molar-refractivity contribution in [1.82, 2.24) is 10.3 Å². The number of urea groups is 1. The number of para-hydroxylation sites is 1. The number of rotatable bonds is 4.